The molecule has 0 saturated carbocycles. The van der Waals surface area contributed by atoms with E-state index in [-0.39, 0.29) is 5.97 Å². The van der Waals surface area contributed by atoms with E-state index in [1.54, 1.807) is 12.1 Å². The van der Waals surface area contributed by atoms with Gasteiger partial charge in [0, 0.05) is 37.4 Å². The van der Waals surface area contributed by atoms with Gasteiger partial charge in [-0.1, -0.05) is 56.0 Å². The fourth-order valence-electron chi connectivity index (χ4n) is 4.02. The first-order valence-corrected chi connectivity index (χ1v) is 11.0. The monoisotopic (exact) mass is 423 g/mol. The van der Waals surface area contributed by atoms with Crippen molar-refractivity contribution >= 4 is 18.1 Å². The van der Waals surface area contributed by atoms with Gasteiger partial charge in [-0.3, -0.25) is 4.90 Å². The minimum absolute atomic E-state index is 0.371. The van der Waals surface area contributed by atoms with Crippen LogP contribution in [0.25, 0.3) is 12.2 Å². The lowest BCUT2D eigenvalue weighted by Gasteiger charge is -2.44. The van der Waals surface area contributed by atoms with Gasteiger partial charge in [0.25, 0.3) is 0 Å². The molecule has 1 aromatic carbocycles. The Kier molecular flexibility index (Phi) is 9.76. The molecular formula is C26H37N3O2. The molecule has 0 radical (unpaired) electrons. The molecule has 1 unspecified atom stereocenters. The molecule has 5 heteroatoms. The number of methoxy groups -OCH3 is 1. The molecule has 2 atom stereocenters. The summed E-state index contributed by atoms with van der Waals surface area (Å²) in [5.41, 5.74) is 3.62. The number of aromatic amines is 1. The summed E-state index contributed by atoms with van der Waals surface area (Å²) in [6, 6.07) is 13.9. The minimum Gasteiger partial charge on any atom is -0.464 e. The quantitative estimate of drug-likeness (QED) is 0.659. The summed E-state index contributed by atoms with van der Waals surface area (Å²) in [7, 11) is 1.35. The summed E-state index contributed by atoms with van der Waals surface area (Å²) < 4.78 is 4.60. The molecule has 0 bridgehead atoms. The fraction of sp³-hybridized carbons (Fsp3) is 0.423. The Morgan fingerprint density at radius 2 is 1.87 bits per heavy atom. The number of likely N-dealkylation sites (N-methyl/N-ethyl adjacent to an activating group) is 1. The highest BCUT2D eigenvalue weighted by atomic mass is 16.5. The minimum atomic E-state index is -0.371. The Morgan fingerprint density at radius 1 is 1.23 bits per heavy atom. The summed E-state index contributed by atoms with van der Waals surface area (Å²) in [5.74, 6) is -0.371. The van der Waals surface area contributed by atoms with Crippen molar-refractivity contribution in [2.75, 3.05) is 26.7 Å². The second-order valence-electron chi connectivity index (χ2n) is 7.96. The van der Waals surface area contributed by atoms with Gasteiger partial charge >= 0.3 is 5.97 Å². The molecule has 5 nitrogen and oxygen atoms in total. The number of nitrogens with one attached hydrogen (secondary N) is 1. The zero-order valence-corrected chi connectivity index (χ0v) is 19.6. The number of H-pyrrole nitrogens is 1. The predicted octanol–water partition coefficient (Wildman–Crippen LogP) is 5.08. The molecule has 1 aliphatic rings. The number of carbonyl (C=O) groups excluding carboxylic acids is 1. The lowest BCUT2D eigenvalue weighted by atomic mass is 10.1. The third kappa shape index (κ3) is 6.94. The Hall–Kier alpha value is -2.63. The first-order valence-electron chi connectivity index (χ1n) is 11.0. The summed E-state index contributed by atoms with van der Waals surface area (Å²) in [4.78, 5) is 19.3. The third-order valence-corrected chi connectivity index (χ3v) is 5.67. The molecule has 1 saturated heterocycles. The molecule has 0 amide bonds. The van der Waals surface area contributed by atoms with E-state index in [0.29, 0.717) is 17.8 Å². The molecule has 2 aromatic rings. The second kappa shape index (κ2) is 12.3. The topological polar surface area (TPSA) is 48.6 Å². The number of rotatable bonds is 6. The van der Waals surface area contributed by atoms with E-state index >= 15 is 0 Å². The average Bonchev–Trinajstić information content (AvgIpc) is 3.20. The van der Waals surface area contributed by atoms with Crippen LogP contribution in [0.1, 0.15) is 55.0 Å². The van der Waals surface area contributed by atoms with Gasteiger partial charge in [-0.15, -0.1) is 0 Å². The molecular weight excluding hydrogens is 386 g/mol. The Morgan fingerprint density at radius 3 is 2.39 bits per heavy atom. The zero-order valence-electron chi connectivity index (χ0n) is 19.6. The van der Waals surface area contributed by atoms with Gasteiger partial charge in [-0.25, -0.2) is 4.79 Å². The molecule has 0 aliphatic carbocycles. The van der Waals surface area contributed by atoms with Crippen molar-refractivity contribution in [1.29, 1.82) is 0 Å². The van der Waals surface area contributed by atoms with Crippen LogP contribution in [0.5, 0.6) is 0 Å². The van der Waals surface area contributed by atoms with E-state index in [0.717, 1.165) is 17.8 Å². The fourth-order valence-corrected chi connectivity index (χ4v) is 4.02. The van der Waals surface area contributed by atoms with E-state index in [1.165, 1.54) is 32.3 Å². The van der Waals surface area contributed by atoms with Crippen LogP contribution in [-0.4, -0.2) is 59.6 Å². The molecule has 1 aliphatic heterocycles. The maximum Gasteiger partial charge on any atom is 0.354 e. The van der Waals surface area contributed by atoms with E-state index in [9.17, 15) is 4.79 Å². The third-order valence-electron chi connectivity index (χ3n) is 5.67. The number of carbonyl (C=O) groups is 1. The van der Waals surface area contributed by atoms with Crippen molar-refractivity contribution in [2.45, 2.75) is 46.3 Å². The van der Waals surface area contributed by atoms with Crippen LogP contribution < -0.4 is 0 Å². The van der Waals surface area contributed by atoms with Gasteiger partial charge in [-0.2, -0.15) is 0 Å². The van der Waals surface area contributed by atoms with Gasteiger partial charge in [0.05, 0.1) is 7.11 Å². The van der Waals surface area contributed by atoms with Crippen molar-refractivity contribution in [2.24, 2.45) is 0 Å². The van der Waals surface area contributed by atoms with Crippen LogP contribution in [0.15, 0.2) is 49.1 Å². The maximum absolute atomic E-state index is 11.2. The van der Waals surface area contributed by atoms with Gasteiger partial charge in [0.1, 0.15) is 5.69 Å². The van der Waals surface area contributed by atoms with Gasteiger partial charge in [-0.05, 0) is 50.6 Å². The van der Waals surface area contributed by atoms with Crippen molar-refractivity contribution in [3.63, 3.8) is 0 Å². The smallest absolute Gasteiger partial charge is 0.354 e. The molecule has 31 heavy (non-hydrogen) atoms. The summed E-state index contributed by atoms with van der Waals surface area (Å²) in [5, 5.41) is 0. The highest BCUT2D eigenvalue weighted by molar-refractivity contribution is 5.89. The van der Waals surface area contributed by atoms with Crippen LogP contribution in [0, 0.1) is 0 Å². The molecule has 2 heterocycles. The van der Waals surface area contributed by atoms with Crippen LogP contribution in [0.2, 0.25) is 0 Å². The van der Waals surface area contributed by atoms with Crippen molar-refractivity contribution in [1.82, 2.24) is 14.8 Å². The van der Waals surface area contributed by atoms with Crippen molar-refractivity contribution in [3.05, 3.63) is 71.6 Å². The zero-order chi connectivity index (χ0) is 22.8. The molecule has 168 valence electrons. The standard InChI is InChI=1S/C15H24N2.C11H13NO2/c1-4-16-10-13(2)17(14(3)11-16)12-15-8-6-5-7-9-15;1-4-6-8-7-10(11(13)14-3)12-9(8)5-2/h5-9,13-14H,4,10-12H2,1-3H3;4-7,12H,2H2,1,3H3/b;6-4-/t13-,14?;/m0./s1. The lowest BCUT2D eigenvalue weighted by Crippen LogP contribution is -2.55. The van der Waals surface area contributed by atoms with Crippen LogP contribution >= 0.6 is 0 Å². The normalized spacial score (nSPS) is 19.6. The van der Waals surface area contributed by atoms with Crippen LogP contribution in [0.3, 0.4) is 0 Å². The number of benzene rings is 1. The van der Waals surface area contributed by atoms with Gasteiger partial charge in [0.2, 0.25) is 0 Å². The van der Waals surface area contributed by atoms with Gasteiger partial charge in [0.15, 0.2) is 0 Å². The van der Waals surface area contributed by atoms with E-state index in [4.69, 9.17) is 0 Å². The Labute approximate surface area is 187 Å². The van der Waals surface area contributed by atoms with Gasteiger partial charge < -0.3 is 14.6 Å². The number of piperazine rings is 1. The number of nitrogens with zero attached hydrogens (tertiary/aromatic N) is 2. The van der Waals surface area contributed by atoms with Crippen molar-refractivity contribution < 1.29 is 9.53 Å². The van der Waals surface area contributed by atoms with Crippen molar-refractivity contribution in [3.8, 4) is 0 Å². The maximum atomic E-state index is 11.2. The lowest BCUT2D eigenvalue weighted by molar-refractivity contribution is 0.0356. The van der Waals surface area contributed by atoms with E-state index < -0.39 is 0 Å². The number of ether oxygens (including phenoxy) is 1. The molecule has 1 N–H and O–H groups in total. The molecule has 3 rings (SSSR count). The number of aromatic nitrogens is 1. The number of esters is 1. The first-order chi connectivity index (χ1) is 14.9. The second-order valence-corrected chi connectivity index (χ2v) is 7.96. The summed E-state index contributed by atoms with van der Waals surface area (Å²) in [6.45, 7) is 17.2. The van der Waals surface area contributed by atoms with E-state index in [2.05, 4.69) is 77.2 Å². The first kappa shape index (κ1) is 24.6. The number of hydrogen-bond donors (Lipinski definition) is 1. The summed E-state index contributed by atoms with van der Waals surface area (Å²) in [6.07, 6.45) is 5.47. The van der Waals surface area contributed by atoms with Crippen LogP contribution in [0.4, 0.5) is 0 Å². The highest BCUT2D eigenvalue weighted by Gasteiger charge is 2.28. The molecule has 1 aromatic heterocycles. The molecule has 1 fully saturated rings. The predicted molar refractivity (Wildman–Crippen MR) is 130 cm³/mol. The highest BCUT2D eigenvalue weighted by Crippen LogP contribution is 2.18. The Balaban J connectivity index is 0.000000225. The van der Waals surface area contributed by atoms with Crippen LogP contribution in [-0.2, 0) is 11.3 Å². The Bertz CT molecular complexity index is 845. The number of allylic oxidation sites excluding steroid dienone is 1. The largest absolute Gasteiger partial charge is 0.464 e. The SMILES string of the molecule is C=Cc1[nH]c(C(=O)OC)cc1/C=C\C.CCN1CC(C)N(Cc2ccccc2)[C@@H](C)C1. The summed E-state index contributed by atoms with van der Waals surface area (Å²) >= 11 is 0. The molecule has 0 spiro atoms. The number of hydrogen-bond acceptors (Lipinski definition) is 4. The van der Waals surface area contributed by atoms with E-state index in [1.807, 2.05) is 19.1 Å². The average molecular weight is 424 g/mol.